The molecule has 1 rings (SSSR count). The van der Waals surface area contributed by atoms with Crippen molar-refractivity contribution < 1.29 is 27.5 Å². The monoisotopic (exact) mass is 224 g/mol. The number of hydrogen-bond acceptors (Lipinski definition) is 1. The van der Waals surface area contributed by atoms with E-state index in [0.29, 0.717) is 6.08 Å². The Balaban J connectivity index is 2.99. The molecule has 0 amide bonds. The predicted octanol–water partition coefficient (Wildman–Crippen LogP) is 2.47. The van der Waals surface area contributed by atoms with Gasteiger partial charge in [-0.1, -0.05) is 18.2 Å². The Hall–Kier alpha value is -1.33. The summed E-state index contributed by atoms with van der Waals surface area (Å²) in [4.78, 5) is 10.3. The minimum atomic E-state index is -5.10. The van der Waals surface area contributed by atoms with Crippen molar-refractivity contribution in [3.8, 4) is 0 Å². The Morgan fingerprint density at radius 1 is 1.40 bits per heavy atom. The van der Waals surface area contributed by atoms with Gasteiger partial charge in [-0.15, -0.1) is 0 Å². The van der Waals surface area contributed by atoms with E-state index in [0.717, 1.165) is 12.2 Å². The molecule has 84 valence electrons. The van der Waals surface area contributed by atoms with Gasteiger partial charge >= 0.3 is 12.1 Å². The van der Waals surface area contributed by atoms with Crippen LogP contribution in [0.2, 0.25) is 0 Å². The molecule has 0 saturated carbocycles. The van der Waals surface area contributed by atoms with Crippen molar-refractivity contribution in [3.05, 3.63) is 24.3 Å². The Labute approximate surface area is 82.9 Å². The van der Waals surface area contributed by atoms with E-state index in [1.54, 1.807) is 0 Å². The lowest BCUT2D eigenvalue weighted by Gasteiger charge is -2.31. The van der Waals surface area contributed by atoms with Crippen LogP contribution in [-0.4, -0.2) is 22.9 Å². The van der Waals surface area contributed by atoms with E-state index in [-0.39, 0.29) is 0 Å². The third kappa shape index (κ3) is 2.19. The fraction of sp³-hybridized carbons (Fsp3) is 0.444. The standard InChI is InChI=1S/C9H8F4O2/c10-8(9(11,12)13)4-2-1-3-6(8)5-7(14)15/h1-4,6H,5H2,(H,14,15). The Morgan fingerprint density at radius 3 is 2.47 bits per heavy atom. The number of carbonyl (C=O) groups is 1. The molecule has 6 heteroatoms. The van der Waals surface area contributed by atoms with Crippen molar-refractivity contribution >= 4 is 5.97 Å². The number of hydrogen-bond donors (Lipinski definition) is 1. The van der Waals surface area contributed by atoms with Crippen LogP contribution < -0.4 is 0 Å². The van der Waals surface area contributed by atoms with Gasteiger partial charge in [-0.05, 0) is 6.08 Å². The van der Waals surface area contributed by atoms with E-state index < -0.39 is 30.2 Å². The van der Waals surface area contributed by atoms with Crippen LogP contribution in [0.4, 0.5) is 17.6 Å². The number of carboxylic acids is 1. The molecule has 2 nitrogen and oxygen atoms in total. The first-order chi connectivity index (χ1) is 6.77. The van der Waals surface area contributed by atoms with Crippen molar-refractivity contribution in [2.24, 2.45) is 5.92 Å². The lowest BCUT2D eigenvalue weighted by Crippen LogP contribution is -2.46. The van der Waals surface area contributed by atoms with Gasteiger partial charge in [0.1, 0.15) is 0 Å². The fourth-order valence-electron chi connectivity index (χ4n) is 1.37. The smallest absolute Gasteiger partial charge is 0.426 e. The van der Waals surface area contributed by atoms with Crippen LogP contribution in [0.1, 0.15) is 6.42 Å². The summed E-state index contributed by atoms with van der Waals surface area (Å²) in [5.41, 5.74) is -3.58. The van der Waals surface area contributed by atoms with Gasteiger partial charge in [0.25, 0.3) is 0 Å². The van der Waals surface area contributed by atoms with Gasteiger partial charge in [-0.25, -0.2) is 4.39 Å². The summed E-state index contributed by atoms with van der Waals surface area (Å²) in [6, 6.07) is 0. The summed E-state index contributed by atoms with van der Waals surface area (Å²) >= 11 is 0. The van der Waals surface area contributed by atoms with Crippen molar-refractivity contribution in [2.75, 3.05) is 0 Å². The topological polar surface area (TPSA) is 37.3 Å². The zero-order valence-electron chi connectivity index (χ0n) is 7.46. The quantitative estimate of drug-likeness (QED) is 0.731. The second-order valence-electron chi connectivity index (χ2n) is 3.21. The van der Waals surface area contributed by atoms with Crippen molar-refractivity contribution in [2.45, 2.75) is 18.3 Å². The minimum Gasteiger partial charge on any atom is -0.481 e. The number of allylic oxidation sites excluding steroid dienone is 4. The van der Waals surface area contributed by atoms with E-state index >= 15 is 0 Å². The molecule has 0 bridgehead atoms. The van der Waals surface area contributed by atoms with E-state index in [9.17, 15) is 22.4 Å². The second-order valence-corrected chi connectivity index (χ2v) is 3.21. The third-order valence-electron chi connectivity index (χ3n) is 2.16. The molecule has 2 atom stereocenters. The summed E-state index contributed by atoms with van der Waals surface area (Å²) in [5, 5.41) is 8.37. The molecule has 0 spiro atoms. The first-order valence-corrected chi connectivity index (χ1v) is 4.11. The van der Waals surface area contributed by atoms with Gasteiger partial charge in [0.2, 0.25) is 5.67 Å². The number of carboxylic acid groups (broad SMARTS) is 1. The average molecular weight is 224 g/mol. The maximum atomic E-state index is 13.6. The molecule has 1 N–H and O–H groups in total. The molecule has 15 heavy (non-hydrogen) atoms. The fourth-order valence-corrected chi connectivity index (χ4v) is 1.37. The summed E-state index contributed by atoms with van der Waals surface area (Å²) in [5.74, 6) is -3.17. The highest BCUT2D eigenvalue weighted by atomic mass is 19.4. The number of halogens is 4. The summed E-state index contributed by atoms with van der Waals surface area (Å²) in [6.07, 6.45) is -2.60. The minimum absolute atomic E-state index is 0.348. The van der Waals surface area contributed by atoms with Gasteiger partial charge < -0.3 is 5.11 Å². The highest BCUT2D eigenvalue weighted by molar-refractivity contribution is 5.68. The van der Waals surface area contributed by atoms with Crippen LogP contribution in [0.25, 0.3) is 0 Å². The maximum absolute atomic E-state index is 13.6. The highest BCUT2D eigenvalue weighted by Crippen LogP contribution is 2.44. The zero-order valence-corrected chi connectivity index (χ0v) is 7.46. The lowest BCUT2D eigenvalue weighted by molar-refractivity contribution is -0.225. The van der Waals surface area contributed by atoms with Gasteiger partial charge in [-0.3, -0.25) is 4.79 Å². The van der Waals surface area contributed by atoms with E-state index in [2.05, 4.69) is 0 Å². The molecular formula is C9H8F4O2. The van der Waals surface area contributed by atoms with Gasteiger partial charge in [0.05, 0.1) is 6.42 Å². The normalized spacial score (nSPS) is 30.5. The van der Waals surface area contributed by atoms with E-state index in [1.807, 2.05) is 0 Å². The van der Waals surface area contributed by atoms with E-state index in [4.69, 9.17) is 5.11 Å². The van der Waals surface area contributed by atoms with Crippen molar-refractivity contribution in [1.29, 1.82) is 0 Å². The van der Waals surface area contributed by atoms with Crippen LogP contribution in [-0.2, 0) is 4.79 Å². The molecule has 0 aromatic heterocycles. The molecule has 1 aliphatic rings. The first kappa shape index (κ1) is 11.7. The SMILES string of the molecule is O=C(O)CC1C=CC=CC1(F)C(F)(F)F. The maximum Gasteiger partial charge on any atom is 0.426 e. The largest absolute Gasteiger partial charge is 0.481 e. The van der Waals surface area contributed by atoms with Gasteiger partial charge in [0.15, 0.2) is 0 Å². The lowest BCUT2D eigenvalue weighted by atomic mass is 9.82. The summed E-state index contributed by atoms with van der Waals surface area (Å²) < 4.78 is 50.7. The Bertz CT molecular complexity index is 319. The molecule has 2 unspecified atom stereocenters. The number of rotatable bonds is 2. The van der Waals surface area contributed by atoms with Crippen LogP contribution in [0, 0.1) is 5.92 Å². The van der Waals surface area contributed by atoms with Gasteiger partial charge in [-0.2, -0.15) is 13.2 Å². The zero-order chi connectivity index (χ0) is 11.7. The molecule has 0 aromatic carbocycles. The molecule has 0 aliphatic heterocycles. The second kappa shape index (κ2) is 3.67. The van der Waals surface area contributed by atoms with Crippen LogP contribution in [0.3, 0.4) is 0 Å². The van der Waals surface area contributed by atoms with Crippen LogP contribution in [0.5, 0.6) is 0 Å². The van der Waals surface area contributed by atoms with E-state index in [1.165, 1.54) is 6.08 Å². The molecule has 0 radical (unpaired) electrons. The molecule has 0 saturated heterocycles. The molecule has 0 fully saturated rings. The van der Waals surface area contributed by atoms with Crippen molar-refractivity contribution in [1.82, 2.24) is 0 Å². The molecular weight excluding hydrogens is 216 g/mol. The molecule has 0 aromatic rings. The first-order valence-electron chi connectivity index (χ1n) is 4.11. The molecule has 1 aliphatic carbocycles. The number of alkyl halides is 4. The van der Waals surface area contributed by atoms with Crippen molar-refractivity contribution in [3.63, 3.8) is 0 Å². The van der Waals surface area contributed by atoms with Crippen LogP contribution >= 0.6 is 0 Å². The third-order valence-corrected chi connectivity index (χ3v) is 2.16. The average Bonchev–Trinajstić information content (AvgIpc) is 2.06. The predicted molar refractivity (Wildman–Crippen MR) is 43.9 cm³/mol. The molecule has 0 heterocycles. The highest BCUT2D eigenvalue weighted by Gasteiger charge is 2.59. The Morgan fingerprint density at radius 2 is 2.00 bits per heavy atom. The summed E-state index contributed by atoms with van der Waals surface area (Å²) in [7, 11) is 0. The Kier molecular flexibility index (Phi) is 2.88. The number of aliphatic carboxylic acids is 1. The summed E-state index contributed by atoms with van der Waals surface area (Å²) in [6.45, 7) is 0. The van der Waals surface area contributed by atoms with Gasteiger partial charge in [0, 0.05) is 5.92 Å². The van der Waals surface area contributed by atoms with Crippen LogP contribution in [0.15, 0.2) is 24.3 Å².